The molecule has 2 unspecified atom stereocenters. The Morgan fingerprint density at radius 3 is 2.47 bits per heavy atom. The molecule has 0 N–H and O–H groups in total. The van der Waals surface area contributed by atoms with E-state index < -0.39 is 15.3 Å². The van der Waals surface area contributed by atoms with E-state index in [1.165, 1.54) is 4.31 Å². The van der Waals surface area contributed by atoms with E-state index in [1.54, 1.807) is 6.92 Å². The molecular formula is C11H21N3O2S. The normalized spacial score (nSPS) is 25.4. The lowest BCUT2D eigenvalue weighted by Gasteiger charge is -2.39. The lowest BCUT2D eigenvalue weighted by atomic mass is 10.2. The fourth-order valence-electron chi connectivity index (χ4n) is 2.21. The molecule has 98 valence electrons. The maximum Gasteiger partial charge on any atom is 0.230 e. The summed E-state index contributed by atoms with van der Waals surface area (Å²) in [5.41, 5.74) is 0. The second-order valence-electron chi connectivity index (χ2n) is 4.41. The smallest absolute Gasteiger partial charge is 0.230 e. The van der Waals surface area contributed by atoms with Crippen LogP contribution in [0.3, 0.4) is 0 Å². The Morgan fingerprint density at radius 2 is 2.06 bits per heavy atom. The van der Waals surface area contributed by atoms with Crippen molar-refractivity contribution in [1.82, 2.24) is 9.21 Å². The van der Waals surface area contributed by atoms with Gasteiger partial charge < -0.3 is 0 Å². The van der Waals surface area contributed by atoms with E-state index in [-0.39, 0.29) is 6.04 Å². The number of likely N-dealkylation sites (N-methyl/N-ethyl adjacent to an activating group) is 1. The molecule has 1 heterocycles. The molecule has 5 nitrogen and oxygen atoms in total. The van der Waals surface area contributed by atoms with Crippen molar-refractivity contribution in [2.24, 2.45) is 0 Å². The van der Waals surface area contributed by atoms with Crippen molar-refractivity contribution >= 4 is 10.0 Å². The van der Waals surface area contributed by atoms with Crippen LogP contribution in [-0.2, 0) is 10.0 Å². The topological polar surface area (TPSA) is 64.4 Å². The fraction of sp³-hybridized carbons (Fsp3) is 0.909. The number of sulfonamides is 1. The number of hydrogen-bond acceptors (Lipinski definition) is 4. The summed E-state index contributed by atoms with van der Waals surface area (Å²) in [6.45, 7) is 8.51. The summed E-state index contributed by atoms with van der Waals surface area (Å²) in [6.07, 6.45) is 0.348. The Morgan fingerprint density at radius 1 is 1.41 bits per heavy atom. The first kappa shape index (κ1) is 14.4. The zero-order valence-electron chi connectivity index (χ0n) is 10.8. The highest BCUT2D eigenvalue weighted by Crippen LogP contribution is 2.17. The maximum absolute atomic E-state index is 12.2. The zero-order chi connectivity index (χ0) is 13.1. The van der Waals surface area contributed by atoms with Crippen LogP contribution in [0.5, 0.6) is 0 Å². The average molecular weight is 259 g/mol. The summed E-state index contributed by atoms with van der Waals surface area (Å²) in [7, 11) is -3.44. The van der Waals surface area contributed by atoms with Crippen molar-refractivity contribution in [2.75, 3.05) is 26.2 Å². The van der Waals surface area contributed by atoms with Crippen molar-refractivity contribution < 1.29 is 8.42 Å². The van der Waals surface area contributed by atoms with Gasteiger partial charge in [0.15, 0.2) is 5.25 Å². The molecule has 0 amide bonds. The molecule has 1 rings (SSSR count). The van der Waals surface area contributed by atoms with Gasteiger partial charge in [0, 0.05) is 25.7 Å². The highest BCUT2D eigenvalue weighted by Gasteiger charge is 2.35. The van der Waals surface area contributed by atoms with E-state index in [0.717, 1.165) is 13.1 Å². The van der Waals surface area contributed by atoms with Crippen LogP contribution in [0.1, 0.15) is 27.2 Å². The van der Waals surface area contributed by atoms with Gasteiger partial charge in [-0.1, -0.05) is 13.8 Å². The summed E-state index contributed by atoms with van der Waals surface area (Å²) in [5.74, 6) is 0. The summed E-state index contributed by atoms with van der Waals surface area (Å²) in [6, 6.07) is 2.11. The number of rotatable bonds is 4. The highest BCUT2D eigenvalue weighted by atomic mass is 32.2. The van der Waals surface area contributed by atoms with Crippen LogP contribution in [0.2, 0.25) is 0 Å². The van der Waals surface area contributed by atoms with Crippen LogP contribution in [0.25, 0.3) is 0 Å². The van der Waals surface area contributed by atoms with Crippen molar-refractivity contribution in [2.45, 2.75) is 38.5 Å². The molecule has 6 heteroatoms. The lowest BCUT2D eigenvalue weighted by molar-refractivity contribution is 0.135. The minimum Gasteiger partial charge on any atom is -0.298 e. The maximum atomic E-state index is 12.2. The Hall–Kier alpha value is -0.640. The van der Waals surface area contributed by atoms with Gasteiger partial charge in [-0.3, -0.25) is 4.90 Å². The van der Waals surface area contributed by atoms with Crippen LogP contribution < -0.4 is 0 Å². The van der Waals surface area contributed by atoms with Crippen LogP contribution in [0.15, 0.2) is 0 Å². The fourth-order valence-corrected chi connectivity index (χ4v) is 3.89. The average Bonchev–Trinajstić information content (AvgIpc) is 2.30. The van der Waals surface area contributed by atoms with Crippen molar-refractivity contribution in [1.29, 1.82) is 5.26 Å². The molecule has 1 aliphatic rings. The lowest BCUT2D eigenvalue weighted by Crippen LogP contribution is -2.54. The van der Waals surface area contributed by atoms with Gasteiger partial charge in [0.05, 0.1) is 6.07 Å². The number of nitriles is 1. The van der Waals surface area contributed by atoms with Crippen molar-refractivity contribution in [3.63, 3.8) is 0 Å². The number of nitrogens with zero attached hydrogens (tertiary/aromatic N) is 3. The standard InChI is InChI=1S/C11H21N3O2S/c1-4-11(8-12)17(15,16)14-7-6-13(5-2)10(3)9-14/h10-11H,4-7,9H2,1-3H3. The molecule has 0 radical (unpaired) electrons. The summed E-state index contributed by atoms with van der Waals surface area (Å²) in [4.78, 5) is 2.25. The van der Waals surface area contributed by atoms with Gasteiger partial charge in [-0.25, -0.2) is 8.42 Å². The third-order valence-corrected chi connectivity index (χ3v) is 5.58. The Bertz CT molecular complexity index is 388. The predicted molar refractivity (Wildman–Crippen MR) is 66.9 cm³/mol. The summed E-state index contributed by atoms with van der Waals surface area (Å²) >= 11 is 0. The van der Waals surface area contributed by atoms with Gasteiger partial charge in [-0.15, -0.1) is 0 Å². The molecule has 1 fully saturated rings. The largest absolute Gasteiger partial charge is 0.298 e. The highest BCUT2D eigenvalue weighted by molar-refractivity contribution is 7.90. The Labute approximate surface area is 104 Å². The van der Waals surface area contributed by atoms with Gasteiger partial charge in [0.1, 0.15) is 0 Å². The molecule has 1 aliphatic heterocycles. The van der Waals surface area contributed by atoms with Gasteiger partial charge in [-0.2, -0.15) is 9.57 Å². The Balaban J connectivity index is 2.79. The second-order valence-corrected chi connectivity index (χ2v) is 6.52. The second kappa shape index (κ2) is 5.80. The van der Waals surface area contributed by atoms with Gasteiger partial charge in [0.25, 0.3) is 0 Å². The molecule has 2 atom stereocenters. The molecular weight excluding hydrogens is 238 g/mol. The molecule has 1 saturated heterocycles. The first-order chi connectivity index (χ1) is 7.97. The van der Waals surface area contributed by atoms with Crippen LogP contribution >= 0.6 is 0 Å². The quantitative estimate of drug-likeness (QED) is 0.743. The van der Waals surface area contributed by atoms with E-state index in [1.807, 2.05) is 13.0 Å². The third-order valence-electron chi connectivity index (χ3n) is 3.37. The van der Waals surface area contributed by atoms with E-state index >= 15 is 0 Å². The van der Waals surface area contributed by atoms with Gasteiger partial charge in [0.2, 0.25) is 10.0 Å². The van der Waals surface area contributed by atoms with Crippen molar-refractivity contribution in [3.05, 3.63) is 0 Å². The molecule has 17 heavy (non-hydrogen) atoms. The molecule has 0 aromatic rings. The minimum atomic E-state index is -3.44. The van der Waals surface area contributed by atoms with Gasteiger partial charge in [-0.05, 0) is 19.9 Å². The third kappa shape index (κ3) is 2.97. The monoisotopic (exact) mass is 259 g/mol. The summed E-state index contributed by atoms with van der Waals surface area (Å²) < 4.78 is 25.8. The van der Waals surface area contributed by atoms with Crippen LogP contribution in [-0.4, -0.2) is 55.1 Å². The van der Waals surface area contributed by atoms with E-state index in [9.17, 15) is 8.42 Å². The minimum absolute atomic E-state index is 0.222. The summed E-state index contributed by atoms with van der Waals surface area (Å²) in [5, 5.41) is 7.99. The number of piperazine rings is 1. The van der Waals surface area contributed by atoms with E-state index in [0.29, 0.717) is 19.5 Å². The molecule has 0 spiro atoms. The number of hydrogen-bond donors (Lipinski definition) is 0. The molecule has 0 aromatic carbocycles. The molecule has 0 bridgehead atoms. The Kier molecular flexibility index (Phi) is 4.92. The van der Waals surface area contributed by atoms with E-state index in [2.05, 4.69) is 11.8 Å². The van der Waals surface area contributed by atoms with Crippen LogP contribution in [0, 0.1) is 11.3 Å². The van der Waals surface area contributed by atoms with Crippen molar-refractivity contribution in [3.8, 4) is 6.07 Å². The first-order valence-corrected chi connectivity index (χ1v) is 7.60. The van der Waals surface area contributed by atoms with E-state index in [4.69, 9.17) is 5.26 Å². The van der Waals surface area contributed by atoms with Gasteiger partial charge >= 0.3 is 0 Å². The molecule has 0 aromatic heterocycles. The SMILES string of the molecule is CCC(C#N)S(=O)(=O)N1CCN(CC)C(C)C1. The predicted octanol–water partition coefficient (Wildman–Crippen LogP) is 0.644. The zero-order valence-corrected chi connectivity index (χ0v) is 11.6. The molecule has 0 aliphatic carbocycles. The first-order valence-electron chi connectivity index (χ1n) is 6.10. The van der Waals surface area contributed by atoms with Crippen LogP contribution in [0.4, 0.5) is 0 Å². The molecule has 0 saturated carbocycles.